The molecule has 1 aliphatic carbocycles. The summed E-state index contributed by atoms with van der Waals surface area (Å²) in [5.74, 6) is 9.15. The van der Waals surface area contributed by atoms with Gasteiger partial charge in [-0.1, -0.05) is 55.0 Å². The van der Waals surface area contributed by atoms with Gasteiger partial charge in [-0.15, -0.1) is 0 Å². The van der Waals surface area contributed by atoms with Crippen molar-refractivity contribution < 1.29 is 4.74 Å². The van der Waals surface area contributed by atoms with Crippen LogP contribution in [-0.2, 0) is 0 Å². The lowest BCUT2D eigenvalue weighted by molar-refractivity contribution is 0.0766. The second kappa shape index (κ2) is 11.1. The number of rotatable bonds is 5. The van der Waals surface area contributed by atoms with Crippen LogP contribution < -0.4 is 4.74 Å². The SMILES string of the molecule is Clc1ccc(-c2ccc(C#Cc3ccc(OCCN4CC[C@@H]5CCCC[C@@H]5C4)cc3)nc2)cc1. The molecule has 0 bridgehead atoms. The van der Waals surface area contributed by atoms with Crippen molar-refractivity contribution in [3.63, 3.8) is 0 Å². The summed E-state index contributed by atoms with van der Waals surface area (Å²) in [6, 6.07) is 19.8. The van der Waals surface area contributed by atoms with Crippen molar-refractivity contribution in [2.75, 3.05) is 26.2 Å². The van der Waals surface area contributed by atoms with Crippen LogP contribution in [0.3, 0.4) is 0 Å². The standard InChI is InChI=1S/C30H31ClN2O/c31-28-11-8-25(9-12-28)26-10-14-29(32-21-26)13-5-23-6-15-30(16-7-23)34-20-19-33-18-17-24-3-1-2-4-27(24)22-33/h6-12,14-16,21,24,27H,1-4,17-20,22H2/t24-,27+/m0/s1. The maximum Gasteiger partial charge on any atom is 0.119 e. The molecule has 34 heavy (non-hydrogen) atoms. The lowest BCUT2D eigenvalue weighted by Gasteiger charge is -2.41. The highest BCUT2D eigenvalue weighted by Gasteiger charge is 2.30. The average molecular weight is 471 g/mol. The van der Waals surface area contributed by atoms with E-state index in [9.17, 15) is 0 Å². The van der Waals surface area contributed by atoms with Crippen LogP contribution in [-0.4, -0.2) is 36.1 Å². The molecule has 3 nitrogen and oxygen atoms in total. The molecular weight excluding hydrogens is 440 g/mol. The number of nitrogens with zero attached hydrogens (tertiary/aromatic N) is 2. The normalized spacial score (nSPS) is 20.1. The van der Waals surface area contributed by atoms with Gasteiger partial charge in [0.25, 0.3) is 0 Å². The summed E-state index contributed by atoms with van der Waals surface area (Å²) in [4.78, 5) is 7.08. The van der Waals surface area contributed by atoms with E-state index >= 15 is 0 Å². The minimum Gasteiger partial charge on any atom is -0.492 e. The molecule has 0 radical (unpaired) electrons. The summed E-state index contributed by atoms with van der Waals surface area (Å²) in [5, 5.41) is 0.731. The molecule has 3 aromatic rings. The van der Waals surface area contributed by atoms with Gasteiger partial charge in [0.05, 0.1) is 0 Å². The van der Waals surface area contributed by atoms with Crippen LogP contribution in [0.1, 0.15) is 43.4 Å². The molecule has 174 valence electrons. The van der Waals surface area contributed by atoms with Crippen molar-refractivity contribution >= 4 is 11.6 Å². The van der Waals surface area contributed by atoms with Crippen molar-refractivity contribution in [2.24, 2.45) is 11.8 Å². The van der Waals surface area contributed by atoms with Gasteiger partial charge in [0.1, 0.15) is 18.1 Å². The van der Waals surface area contributed by atoms with Gasteiger partial charge in [0.15, 0.2) is 0 Å². The van der Waals surface area contributed by atoms with Crippen LogP contribution >= 0.6 is 11.6 Å². The fourth-order valence-electron chi connectivity index (χ4n) is 5.22. The van der Waals surface area contributed by atoms with Gasteiger partial charge in [-0.25, -0.2) is 4.98 Å². The number of halogens is 1. The van der Waals surface area contributed by atoms with Gasteiger partial charge in [-0.05, 0) is 85.2 Å². The van der Waals surface area contributed by atoms with E-state index in [2.05, 4.69) is 21.7 Å². The minimum atomic E-state index is 0.731. The Morgan fingerprint density at radius 3 is 2.38 bits per heavy atom. The molecule has 0 spiro atoms. The summed E-state index contributed by atoms with van der Waals surface area (Å²) in [6.45, 7) is 4.25. The van der Waals surface area contributed by atoms with E-state index in [1.54, 1.807) is 0 Å². The summed E-state index contributed by atoms with van der Waals surface area (Å²) in [6.07, 6.45) is 8.96. The first-order chi connectivity index (χ1) is 16.7. The van der Waals surface area contributed by atoms with Crippen LogP contribution in [0.5, 0.6) is 5.75 Å². The van der Waals surface area contributed by atoms with E-state index in [-0.39, 0.29) is 0 Å². The third-order valence-electron chi connectivity index (χ3n) is 7.18. The van der Waals surface area contributed by atoms with Crippen molar-refractivity contribution in [3.05, 3.63) is 83.1 Å². The zero-order chi connectivity index (χ0) is 23.2. The number of pyridine rings is 1. The highest BCUT2D eigenvalue weighted by atomic mass is 35.5. The third kappa shape index (κ3) is 6.00. The van der Waals surface area contributed by atoms with Gasteiger partial charge < -0.3 is 4.74 Å². The Morgan fingerprint density at radius 2 is 1.62 bits per heavy atom. The molecule has 2 aliphatic rings. The van der Waals surface area contributed by atoms with Gasteiger partial charge in [0, 0.05) is 35.4 Å². The predicted octanol–water partition coefficient (Wildman–Crippen LogP) is 6.69. The molecule has 1 saturated heterocycles. The first-order valence-corrected chi connectivity index (χ1v) is 12.8. The maximum atomic E-state index is 6.01. The number of ether oxygens (including phenoxy) is 1. The quantitative estimate of drug-likeness (QED) is 0.388. The van der Waals surface area contributed by atoms with Crippen LogP contribution in [0.2, 0.25) is 5.02 Å². The summed E-state index contributed by atoms with van der Waals surface area (Å²) < 4.78 is 6.01. The summed E-state index contributed by atoms with van der Waals surface area (Å²) in [5.41, 5.74) is 3.84. The second-order valence-electron chi connectivity index (χ2n) is 9.46. The molecule has 5 rings (SSSR count). The molecular formula is C30H31ClN2O. The zero-order valence-electron chi connectivity index (χ0n) is 19.6. The molecule has 0 amide bonds. The van der Waals surface area contributed by atoms with E-state index in [4.69, 9.17) is 16.3 Å². The molecule has 0 unspecified atom stereocenters. The zero-order valence-corrected chi connectivity index (χ0v) is 20.3. The molecule has 2 atom stereocenters. The second-order valence-corrected chi connectivity index (χ2v) is 9.89. The first kappa shape index (κ1) is 23.0. The minimum absolute atomic E-state index is 0.731. The van der Waals surface area contributed by atoms with Crippen LogP contribution in [0, 0.1) is 23.7 Å². The molecule has 1 aliphatic heterocycles. The highest BCUT2D eigenvalue weighted by molar-refractivity contribution is 6.30. The number of aromatic nitrogens is 1. The molecule has 2 aromatic carbocycles. The molecule has 1 saturated carbocycles. The number of piperidine rings is 1. The van der Waals surface area contributed by atoms with Gasteiger partial charge in [-0.2, -0.15) is 0 Å². The maximum absolute atomic E-state index is 6.01. The predicted molar refractivity (Wildman–Crippen MR) is 139 cm³/mol. The number of hydrogen-bond acceptors (Lipinski definition) is 3. The molecule has 4 heteroatoms. The average Bonchev–Trinajstić information content (AvgIpc) is 2.89. The highest BCUT2D eigenvalue weighted by Crippen LogP contribution is 2.35. The molecule has 2 heterocycles. The van der Waals surface area contributed by atoms with E-state index in [1.165, 1.54) is 45.2 Å². The number of hydrogen-bond donors (Lipinski definition) is 0. The Labute approximate surface area is 208 Å². The topological polar surface area (TPSA) is 25.4 Å². The molecule has 1 aromatic heterocycles. The van der Waals surface area contributed by atoms with Crippen molar-refractivity contribution in [1.29, 1.82) is 0 Å². The van der Waals surface area contributed by atoms with E-state index < -0.39 is 0 Å². The Bertz CT molecular complexity index is 1130. The Hall–Kier alpha value is -2.80. The number of fused-ring (bicyclic) bond motifs is 1. The van der Waals surface area contributed by atoms with Crippen molar-refractivity contribution in [2.45, 2.75) is 32.1 Å². The lowest BCUT2D eigenvalue weighted by Crippen LogP contribution is -2.43. The van der Waals surface area contributed by atoms with E-state index in [0.717, 1.165) is 58.1 Å². The Morgan fingerprint density at radius 1 is 0.853 bits per heavy atom. The third-order valence-corrected chi connectivity index (χ3v) is 7.43. The van der Waals surface area contributed by atoms with Crippen LogP contribution in [0.25, 0.3) is 11.1 Å². The van der Waals surface area contributed by atoms with Crippen molar-refractivity contribution in [1.82, 2.24) is 9.88 Å². The number of benzene rings is 2. The van der Waals surface area contributed by atoms with Crippen LogP contribution in [0.15, 0.2) is 66.9 Å². The van der Waals surface area contributed by atoms with Crippen LogP contribution in [0.4, 0.5) is 0 Å². The van der Waals surface area contributed by atoms with Gasteiger partial charge >= 0.3 is 0 Å². The summed E-state index contributed by atoms with van der Waals surface area (Å²) in [7, 11) is 0. The number of likely N-dealkylation sites (tertiary alicyclic amines) is 1. The van der Waals surface area contributed by atoms with Gasteiger partial charge in [0.2, 0.25) is 0 Å². The Balaban J connectivity index is 1.10. The van der Waals surface area contributed by atoms with E-state index in [1.807, 2.05) is 66.9 Å². The summed E-state index contributed by atoms with van der Waals surface area (Å²) >= 11 is 5.97. The Kier molecular flexibility index (Phi) is 7.49. The van der Waals surface area contributed by atoms with E-state index in [0.29, 0.717) is 0 Å². The largest absolute Gasteiger partial charge is 0.492 e. The van der Waals surface area contributed by atoms with Crippen molar-refractivity contribution in [3.8, 4) is 28.7 Å². The fourth-order valence-corrected chi connectivity index (χ4v) is 5.35. The smallest absolute Gasteiger partial charge is 0.119 e. The van der Waals surface area contributed by atoms with Gasteiger partial charge in [-0.3, -0.25) is 4.90 Å². The molecule has 2 fully saturated rings. The monoisotopic (exact) mass is 470 g/mol. The fraction of sp³-hybridized carbons (Fsp3) is 0.367. The molecule has 0 N–H and O–H groups in total. The lowest BCUT2D eigenvalue weighted by atomic mass is 9.75. The first-order valence-electron chi connectivity index (χ1n) is 12.4.